The Morgan fingerprint density at radius 1 is 1.27 bits per heavy atom. The van der Waals surface area contributed by atoms with Crippen molar-refractivity contribution < 1.29 is 9.11 Å². The van der Waals surface area contributed by atoms with Gasteiger partial charge in [0, 0.05) is 12.0 Å². The van der Waals surface area contributed by atoms with E-state index in [-0.39, 0.29) is 6.04 Å². The van der Waals surface area contributed by atoms with Gasteiger partial charge in [0.1, 0.15) is 0 Å². The van der Waals surface area contributed by atoms with Gasteiger partial charge in [0.05, 0.1) is 6.04 Å². The molecule has 1 aromatic carbocycles. The van der Waals surface area contributed by atoms with Crippen LogP contribution in [0.15, 0.2) is 41.8 Å². The number of hydrogen-bond acceptors (Lipinski definition) is 3. The van der Waals surface area contributed by atoms with E-state index in [4.69, 9.17) is 0 Å². The zero-order valence-electron chi connectivity index (χ0n) is 8.58. The van der Waals surface area contributed by atoms with Gasteiger partial charge in [0.15, 0.2) is 0 Å². The zero-order valence-corrected chi connectivity index (χ0v) is 9.39. The molecule has 1 heterocycles. The molecule has 1 aliphatic rings. The maximum atomic E-state index is 9.76. The lowest BCUT2D eigenvalue weighted by Crippen LogP contribution is -2.25. The van der Waals surface area contributed by atoms with Gasteiger partial charge in [0.25, 0.3) is 0 Å². The van der Waals surface area contributed by atoms with Gasteiger partial charge in [-0.1, -0.05) is 36.4 Å². The first-order valence-electron chi connectivity index (χ1n) is 4.88. The van der Waals surface area contributed by atoms with Crippen LogP contribution in [0.1, 0.15) is 18.5 Å². The van der Waals surface area contributed by atoms with Crippen molar-refractivity contribution in [2.75, 3.05) is 6.54 Å². The van der Waals surface area contributed by atoms with Gasteiger partial charge in [-0.2, -0.15) is 4.31 Å². The molecule has 4 heteroatoms. The summed E-state index contributed by atoms with van der Waals surface area (Å²) in [6, 6.07) is 9.89. The van der Waals surface area contributed by atoms with Gasteiger partial charge in [-0.05, 0) is 12.5 Å². The van der Waals surface area contributed by atoms with Crippen LogP contribution < -0.4 is 0 Å². The average Bonchev–Trinajstić information content (AvgIpc) is 2.58. The first kappa shape index (κ1) is 10.7. The lowest BCUT2D eigenvalue weighted by atomic mass is 10.1. The number of hydrogen-bond donors (Lipinski definition) is 2. The van der Waals surface area contributed by atoms with Crippen LogP contribution in [0.25, 0.3) is 0 Å². The van der Waals surface area contributed by atoms with Crippen LogP contribution >= 0.6 is 10.8 Å². The van der Waals surface area contributed by atoms with Crippen LogP contribution in [0.4, 0.5) is 0 Å². The van der Waals surface area contributed by atoms with E-state index in [9.17, 15) is 9.11 Å². The molecule has 1 aliphatic heterocycles. The minimum absolute atomic E-state index is 0.0196. The number of nitrogens with zero attached hydrogens (tertiary/aromatic N) is 1. The largest absolute Gasteiger partial charge is 0.282 e. The molecule has 0 aromatic heterocycles. The smallest absolute Gasteiger partial charge is 0.0518 e. The van der Waals surface area contributed by atoms with E-state index in [1.807, 2.05) is 37.3 Å². The Morgan fingerprint density at radius 3 is 2.47 bits per heavy atom. The van der Waals surface area contributed by atoms with Gasteiger partial charge >= 0.3 is 0 Å². The second-order valence-corrected chi connectivity index (χ2v) is 5.48. The number of benzene rings is 1. The fraction of sp³-hybridized carbons (Fsp3) is 0.273. The van der Waals surface area contributed by atoms with E-state index < -0.39 is 10.8 Å². The average molecular weight is 225 g/mol. The second kappa shape index (κ2) is 3.98. The van der Waals surface area contributed by atoms with Crippen molar-refractivity contribution in [3.8, 4) is 0 Å². The molecule has 0 saturated carbocycles. The molecule has 0 fully saturated rings. The molecular formula is C11H15NO2S. The van der Waals surface area contributed by atoms with Crippen molar-refractivity contribution >= 4 is 10.8 Å². The maximum absolute atomic E-state index is 9.76. The van der Waals surface area contributed by atoms with Crippen LogP contribution in [0, 0.1) is 0 Å². The molecule has 0 spiro atoms. The Balaban J connectivity index is 2.19. The van der Waals surface area contributed by atoms with Crippen molar-refractivity contribution in [1.29, 1.82) is 0 Å². The molecular weight excluding hydrogens is 210 g/mol. The number of rotatable bonds is 2. The van der Waals surface area contributed by atoms with Crippen molar-refractivity contribution in [2.24, 2.45) is 0 Å². The molecule has 15 heavy (non-hydrogen) atoms. The Kier molecular flexibility index (Phi) is 2.84. The van der Waals surface area contributed by atoms with E-state index in [1.54, 1.807) is 10.4 Å². The summed E-state index contributed by atoms with van der Waals surface area (Å²) in [7, 11) is -2.68. The molecule has 0 amide bonds. The predicted octanol–water partition coefficient (Wildman–Crippen LogP) is 3.24. The van der Waals surface area contributed by atoms with Gasteiger partial charge in [0.2, 0.25) is 0 Å². The summed E-state index contributed by atoms with van der Waals surface area (Å²) < 4.78 is 21.2. The second-order valence-electron chi connectivity index (χ2n) is 3.62. The van der Waals surface area contributed by atoms with Crippen molar-refractivity contribution in [1.82, 2.24) is 4.31 Å². The molecule has 2 rings (SSSR count). The lowest BCUT2D eigenvalue weighted by Gasteiger charge is -2.39. The molecule has 0 bridgehead atoms. The highest BCUT2D eigenvalue weighted by Gasteiger charge is 2.29. The lowest BCUT2D eigenvalue weighted by molar-refractivity contribution is 0.333. The molecule has 1 atom stereocenters. The molecule has 0 aliphatic carbocycles. The normalized spacial score (nSPS) is 23.9. The summed E-state index contributed by atoms with van der Waals surface area (Å²) in [5.74, 6) is 0. The van der Waals surface area contributed by atoms with Crippen LogP contribution in [0.2, 0.25) is 0 Å². The summed E-state index contributed by atoms with van der Waals surface area (Å²) in [6.07, 6.45) is 1.80. The molecule has 0 radical (unpaired) electrons. The Hall–Kier alpha value is -0.810. The van der Waals surface area contributed by atoms with Gasteiger partial charge < -0.3 is 0 Å². The molecule has 0 unspecified atom stereocenters. The molecule has 2 N–H and O–H groups in total. The summed E-state index contributed by atoms with van der Waals surface area (Å²) in [5.41, 5.74) is 1.10. The molecule has 0 saturated heterocycles. The van der Waals surface area contributed by atoms with E-state index in [0.29, 0.717) is 6.54 Å². The van der Waals surface area contributed by atoms with E-state index in [2.05, 4.69) is 0 Å². The van der Waals surface area contributed by atoms with Crippen molar-refractivity contribution in [3.05, 3.63) is 47.4 Å². The SMILES string of the molecule is C[C@H](c1ccccc1)N1CC=CS1(O)O. The first-order chi connectivity index (χ1) is 7.11. The fourth-order valence-electron chi connectivity index (χ4n) is 1.75. The summed E-state index contributed by atoms with van der Waals surface area (Å²) in [4.78, 5) is 0. The van der Waals surface area contributed by atoms with Crippen LogP contribution in [0.5, 0.6) is 0 Å². The molecule has 3 nitrogen and oxygen atoms in total. The third-order valence-electron chi connectivity index (χ3n) is 2.62. The topological polar surface area (TPSA) is 43.7 Å². The van der Waals surface area contributed by atoms with Crippen molar-refractivity contribution in [3.63, 3.8) is 0 Å². The molecule has 82 valence electrons. The highest BCUT2D eigenvalue weighted by atomic mass is 32.3. The minimum atomic E-state index is -2.68. The van der Waals surface area contributed by atoms with Crippen molar-refractivity contribution in [2.45, 2.75) is 13.0 Å². The summed E-state index contributed by atoms with van der Waals surface area (Å²) >= 11 is 0. The highest BCUT2D eigenvalue weighted by Crippen LogP contribution is 2.52. The quantitative estimate of drug-likeness (QED) is 0.812. The molecule has 1 aromatic rings. The monoisotopic (exact) mass is 225 g/mol. The van der Waals surface area contributed by atoms with Gasteiger partial charge in [-0.15, -0.1) is 10.8 Å². The van der Waals surface area contributed by atoms with Crippen LogP contribution in [-0.2, 0) is 0 Å². The Morgan fingerprint density at radius 2 is 1.93 bits per heavy atom. The van der Waals surface area contributed by atoms with E-state index >= 15 is 0 Å². The predicted molar refractivity (Wildman–Crippen MR) is 63.6 cm³/mol. The summed E-state index contributed by atoms with van der Waals surface area (Å²) in [6.45, 7) is 2.58. The van der Waals surface area contributed by atoms with Crippen LogP contribution in [-0.4, -0.2) is 20.0 Å². The minimum Gasteiger partial charge on any atom is -0.282 e. The third kappa shape index (κ3) is 2.08. The Labute approximate surface area is 91.5 Å². The van der Waals surface area contributed by atoms with E-state index in [1.165, 1.54) is 5.41 Å². The van der Waals surface area contributed by atoms with Gasteiger partial charge in [-0.25, -0.2) is 0 Å². The van der Waals surface area contributed by atoms with Gasteiger partial charge in [-0.3, -0.25) is 9.11 Å². The third-order valence-corrected chi connectivity index (χ3v) is 4.34. The summed E-state index contributed by atoms with van der Waals surface area (Å²) in [5, 5.41) is 1.49. The maximum Gasteiger partial charge on any atom is 0.0518 e. The Bertz CT molecular complexity index is 364. The first-order valence-corrected chi connectivity index (χ1v) is 6.44. The zero-order chi connectivity index (χ0) is 10.9. The fourth-order valence-corrected chi connectivity index (χ4v) is 3.15. The van der Waals surface area contributed by atoms with E-state index in [0.717, 1.165) is 5.56 Å². The standard InChI is InChI=1S/C11H15NO2S/c1-10(11-6-3-2-4-7-11)12-8-5-9-15(12,13)14/h2-7,9-10,13-14H,8H2,1H3/t10-/m1/s1. The highest BCUT2D eigenvalue weighted by molar-refractivity contribution is 8.25. The van der Waals surface area contributed by atoms with Crippen LogP contribution in [0.3, 0.4) is 0 Å².